The Morgan fingerprint density at radius 2 is 1.83 bits per heavy atom. The molecule has 0 N–H and O–H groups in total. The number of carbonyl (C=O) groups is 1. The number of hydrogen-bond donors (Lipinski definition) is 0. The zero-order valence-electron chi connectivity index (χ0n) is 13.4. The van der Waals surface area contributed by atoms with Crippen LogP contribution in [0.1, 0.15) is 16.1 Å². The monoisotopic (exact) mass is 326 g/mol. The maximum Gasteiger partial charge on any atom is 0.292 e. The number of aromatic nitrogens is 1. The Bertz CT molecular complexity index is 753. The van der Waals surface area contributed by atoms with Gasteiger partial charge in [-0.2, -0.15) is 0 Å². The lowest BCUT2D eigenvalue weighted by Crippen LogP contribution is -2.49. The number of amides is 1. The van der Waals surface area contributed by atoms with Gasteiger partial charge >= 0.3 is 0 Å². The fraction of sp³-hybridized carbons (Fsp3) is 0.294. The summed E-state index contributed by atoms with van der Waals surface area (Å²) in [5, 5.41) is 11.2. The van der Waals surface area contributed by atoms with E-state index in [9.17, 15) is 14.9 Å². The van der Waals surface area contributed by atoms with Gasteiger partial charge in [-0.1, -0.05) is 12.1 Å². The van der Waals surface area contributed by atoms with Crippen molar-refractivity contribution >= 4 is 17.3 Å². The lowest BCUT2D eigenvalue weighted by molar-refractivity contribution is -0.384. The topological polar surface area (TPSA) is 79.6 Å². The number of para-hydroxylation sites is 2. The number of aryl methyl sites for hydroxylation is 1. The molecule has 0 spiro atoms. The molecule has 2 heterocycles. The first-order chi connectivity index (χ1) is 11.6. The first-order valence-corrected chi connectivity index (χ1v) is 7.76. The molecule has 1 amide bonds. The summed E-state index contributed by atoms with van der Waals surface area (Å²) in [4.78, 5) is 31.1. The van der Waals surface area contributed by atoms with Gasteiger partial charge in [0, 0.05) is 44.1 Å². The number of carbonyl (C=O) groups excluding carboxylic acids is 1. The van der Waals surface area contributed by atoms with E-state index in [2.05, 4.69) is 4.98 Å². The minimum atomic E-state index is -0.370. The first kappa shape index (κ1) is 15.9. The molecule has 0 bridgehead atoms. The van der Waals surface area contributed by atoms with E-state index in [1.165, 1.54) is 6.07 Å². The minimum Gasteiger partial charge on any atom is -0.362 e. The molecule has 1 aliphatic rings. The molecule has 1 aromatic carbocycles. The molecule has 124 valence electrons. The Morgan fingerprint density at radius 1 is 1.12 bits per heavy atom. The predicted molar refractivity (Wildman–Crippen MR) is 90.2 cm³/mol. The van der Waals surface area contributed by atoms with Crippen molar-refractivity contribution in [1.29, 1.82) is 0 Å². The second kappa shape index (κ2) is 6.66. The van der Waals surface area contributed by atoms with Gasteiger partial charge < -0.3 is 9.80 Å². The Kier molecular flexibility index (Phi) is 4.41. The number of nitro benzene ring substituents is 1. The Balaban J connectivity index is 1.69. The highest BCUT2D eigenvalue weighted by molar-refractivity contribution is 5.94. The van der Waals surface area contributed by atoms with Crippen LogP contribution in [-0.2, 0) is 0 Å². The summed E-state index contributed by atoms with van der Waals surface area (Å²) < 4.78 is 0. The van der Waals surface area contributed by atoms with Crippen molar-refractivity contribution in [3.05, 3.63) is 64.0 Å². The van der Waals surface area contributed by atoms with Crippen LogP contribution in [-0.4, -0.2) is 46.9 Å². The lowest BCUT2D eigenvalue weighted by atomic mass is 10.2. The summed E-state index contributed by atoms with van der Waals surface area (Å²) >= 11 is 0. The van der Waals surface area contributed by atoms with Crippen LogP contribution >= 0.6 is 0 Å². The van der Waals surface area contributed by atoms with Gasteiger partial charge in [-0.25, -0.2) is 0 Å². The van der Waals surface area contributed by atoms with Crippen LogP contribution in [0.15, 0.2) is 42.6 Å². The fourth-order valence-electron chi connectivity index (χ4n) is 2.81. The van der Waals surface area contributed by atoms with Crippen LogP contribution in [0.3, 0.4) is 0 Å². The Morgan fingerprint density at radius 3 is 2.46 bits per heavy atom. The van der Waals surface area contributed by atoms with Crippen molar-refractivity contribution < 1.29 is 9.72 Å². The number of rotatable bonds is 3. The molecule has 0 radical (unpaired) electrons. The van der Waals surface area contributed by atoms with Crippen molar-refractivity contribution in [2.75, 3.05) is 31.1 Å². The van der Waals surface area contributed by atoms with Crippen molar-refractivity contribution in [2.45, 2.75) is 6.92 Å². The van der Waals surface area contributed by atoms with E-state index in [4.69, 9.17) is 0 Å². The highest BCUT2D eigenvalue weighted by Gasteiger charge is 2.26. The highest BCUT2D eigenvalue weighted by Crippen LogP contribution is 2.28. The summed E-state index contributed by atoms with van der Waals surface area (Å²) in [6.07, 6.45) is 1.59. The Labute approximate surface area is 139 Å². The van der Waals surface area contributed by atoms with Crippen LogP contribution in [0.2, 0.25) is 0 Å². The quantitative estimate of drug-likeness (QED) is 0.638. The van der Waals surface area contributed by atoms with Gasteiger partial charge in [0.25, 0.3) is 11.6 Å². The normalized spacial score (nSPS) is 14.5. The smallest absolute Gasteiger partial charge is 0.292 e. The van der Waals surface area contributed by atoms with Gasteiger partial charge in [-0.3, -0.25) is 19.9 Å². The van der Waals surface area contributed by atoms with Gasteiger partial charge in [0.05, 0.1) is 10.5 Å². The maximum absolute atomic E-state index is 12.5. The summed E-state index contributed by atoms with van der Waals surface area (Å²) in [6.45, 7) is 4.06. The molecule has 0 aliphatic carbocycles. The average Bonchev–Trinajstić information content (AvgIpc) is 2.62. The van der Waals surface area contributed by atoms with Gasteiger partial charge in [-0.15, -0.1) is 0 Å². The van der Waals surface area contributed by atoms with Gasteiger partial charge in [0.2, 0.25) is 0 Å². The molecular formula is C17H18N4O3. The molecule has 7 heteroatoms. The molecule has 24 heavy (non-hydrogen) atoms. The molecular weight excluding hydrogens is 308 g/mol. The summed E-state index contributed by atoms with van der Waals surface area (Å²) in [5.74, 6) is -0.0512. The number of anilines is 1. The molecule has 2 aromatic rings. The first-order valence-electron chi connectivity index (χ1n) is 7.76. The molecule has 3 rings (SSSR count). The number of benzene rings is 1. The van der Waals surface area contributed by atoms with E-state index < -0.39 is 0 Å². The number of nitrogens with zero attached hydrogens (tertiary/aromatic N) is 4. The molecule has 7 nitrogen and oxygen atoms in total. The average molecular weight is 326 g/mol. The molecule has 1 aromatic heterocycles. The van der Waals surface area contributed by atoms with Crippen LogP contribution in [0.25, 0.3) is 0 Å². The largest absolute Gasteiger partial charge is 0.362 e. The van der Waals surface area contributed by atoms with Crippen molar-refractivity contribution in [1.82, 2.24) is 9.88 Å². The van der Waals surface area contributed by atoms with E-state index in [1.54, 1.807) is 35.4 Å². The third kappa shape index (κ3) is 3.19. The standard InChI is InChI=1S/C17H18N4O3/c1-13-6-7-14(12-18-13)17(22)20-10-8-19(9-11-20)15-4-2-3-5-16(15)21(23)24/h2-7,12H,8-11H2,1H3. The second-order valence-electron chi connectivity index (χ2n) is 5.71. The molecule has 1 saturated heterocycles. The van der Waals surface area contributed by atoms with Gasteiger partial charge in [0.15, 0.2) is 0 Å². The summed E-state index contributed by atoms with van der Waals surface area (Å²) in [6, 6.07) is 10.3. The number of hydrogen-bond acceptors (Lipinski definition) is 5. The van der Waals surface area contributed by atoms with Crippen LogP contribution in [0, 0.1) is 17.0 Å². The zero-order valence-corrected chi connectivity index (χ0v) is 13.4. The summed E-state index contributed by atoms with van der Waals surface area (Å²) in [7, 11) is 0. The third-order valence-corrected chi connectivity index (χ3v) is 4.14. The van der Waals surface area contributed by atoms with E-state index in [0.717, 1.165) is 5.69 Å². The molecule has 0 unspecified atom stereocenters. The van der Waals surface area contributed by atoms with E-state index >= 15 is 0 Å². The van der Waals surface area contributed by atoms with E-state index in [1.807, 2.05) is 17.9 Å². The highest BCUT2D eigenvalue weighted by atomic mass is 16.6. The third-order valence-electron chi connectivity index (χ3n) is 4.14. The van der Waals surface area contributed by atoms with Gasteiger partial charge in [-0.05, 0) is 25.1 Å². The number of piperazine rings is 1. The van der Waals surface area contributed by atoms with Crippen molar-refractivity contribution in [2.24, 2.45) is 0 Å². The fourth-order valence-corrected chi connectivity index (χ4v) is 2.81. The van der Waals surface area contributed by atoms with Gasteiger partial charge in [0.1, 0.15) is 5.69 Å². The van der Waals surface area contributed by atoms with Crippen molar-refractivity contribution in [3.8, 4) is 0 Å². The van der Waals surface area contributed by atoms with Crippen molar-refractivity contribution in [3.63, 3.8) is 0 Å². The molecule has 1 fully saturated rings. The number of pyridine rings is 1. The molecule has 1 aliphatic heterocycles. The molecule has 0 atom stereocenters. The summed E-state index contributed by atoms with van der Waals surface area (Å²) in [5.41, 5.74) is 2.14. The van der Waals surface area contributed by atoms with Crippen LogP contribution in [0.4, 0.5) is 11.4 Å². The second-order valence-corrected chi connectivity index (χ2v) is 5.71. The lowest BCUT2D eigenvalue weighted by Gasteiger charge is -2.35. The maximum atomic E-state index is 12.5. The Hall–Kier alpha value is -2.96. The molecule has 0 saturated carbocycles. The SMILES string of the molecule is Cc1ccc(C(=O)N2CCN(c3ccccc3[N+](=O)[O-])CC2)cn1. The van der Waals surface area contributed by atoms with Crippen LogP contribution < -0.4 is 4.90 Å². The zero-order chi connectivity index (χ0) is 17.1. The number of nitro groups is 1. The van der Waals surface area contributed by atoms with E-state index in [-0.39, 0.29) is 16.5 Å². The van der Waals surface area contributed by atoms with E-state index in [0.29, 0.717) is 37.4 Å². The minimum absolute atomic E-state index is 0.0512. The predicted octanol–water partition coefficient (Wildman–Crippen LogP) is 2.26. The van der Waals surface area contributed by atoms with Crippen LogP contribution in [0.5, 0.6) is 0 Å².